The van der Waals surface area contributed by atoms with Crippen molar-refractivity contribution in [1.82, 2.24) is 9.97 Å². The van der Waals surface area contributed by atoms with Crippen molar-refractivity contribution in [2.45, 2.75) is 45.1 Å². The predicted molar refractivity (Wildman–Crippen MR) is 75.4 cm³/mol. The van der Waals surface area contributed by atoms with E-state index in [9.17, 15) is 0 Å². The van der Waals surface area contributed by atoms with Gasteiger partial charge in [0.15, 0.2) is 0 Å². The quantitative estimate of drug-likeness (QED) is 0.816. The first-order valence-corrected chi connectivity index (χ1v) is 7.41. The number of ether oxygens (including phenoxy) is 1. The smallest absolute Gasteiger partial charge is 0.133 e. The molecule has 0 N–H and O–H groups in total. The number of aromatic nitrogens is 2. The maximum absolute atomic E-state index is 5.50. The number of nitrogens with zero attached hydrogens (tertiary/aromatic N) is 3. The Bertz CT molecular complexity index is 425. The van der Waals surface area contributed by atoms with Gasteiger partial charge in [-0.2, -0.15) is 0 Å². The molecule has 0 bridgehead atoms. The summed E-state index contributed by atoms with van der Waals surface area (Å²) in [5.41, 5.74) is 0. The maximum atomic E-state index is 5.50. The third kappa shape index (κ3) is 3.06. The second-order valence-electron chi connectivity index (χ2n) is 6.04. The Labute approximate surface area is 115 Å². The topological polar surface area (TPSA) is 38.2 Å². The molecule has 1 saturated heterocycles. The molecule has 104 valence electrons. The van der Waals surface area contributed by atoms with Crippen LogP contribution in [0.25, 0.3) is 0 Å². The molecule has 0 unspecified atom stereocenters. The first-order chi connectivity index (χ1) is 9.24. The van der Waals surface area contributed by atoms with Crippen molar-refractivity contribution in [2.75, 3.05) is 24.7 Å². The van der Waals surface area contributed by atoms with E-state index < -0.39 is 0 Å². The highest BCUT2D eigenvalue weighted by Crippen LogP contribution is 2.32. The second-order valence-corrected chi connectivity index (χ2v) is 6.04. The summed E-state index contributed by atoms with van der Waals surface area (Å²) in [4.78, 5) is 11.6. The van der Waals surface area contributed by atoms with E-state index in [2.05, 4.69) is 29.8 Å². The fourth-order valence-corrected chi connectivity index (χ4v) is 2.62. The van der Waals surface area contributed by atoms with Crippen LogP contribution in [0.3, 0.4) is 0 Å². The standard InChI is InChI=1S/C15H23N3O/c1-11(2)15-16-7-5-14(17-15)18(13-3-4-13)9-12-6-8-19-10-12/h5,7,11-13H,3-4,6,8-10H2,1-2H3/t12-/m1/s1. The van der Waals surface area contributed by atoms with Crippen LogP contribution in [-0.4, -0.2) is 35.8 Å². The molecule has 0 radical (unpaired) electrons. The molecule has 19 heavy (non-hydrogen) atoms. The van der Waals surface area contributed by atoms with Crippen LogP contribution in [0.4, 0.5) is 5.82 Å². The molecule has 4 heteroatoms. The van der Waals surface area contributed by atoms with Gasteiger partial charge in [-0.3, -0.25) is 0 Å². The minimum Gasteiger partial charge on any atom is -0.381 e. The Kier molecular flexibility index (Phi) is 3.69. The van der Waals surface area contributed by atoms with E-state index >= 15 is 0 Å². The lowest BCUT2D eigenvalue weighted by molar-refractivity contribution is 0.186. The van der Waals surface area contributed by atoms with Gasteiger partial charge < -0.3 is 9.64 Å². The van der Waals surface area contributed by atoms with Gasteiger partial charge in [0.2, 0.25) is 0 Å². The SMILES string of the molecule is CC(C)c1nccc(N(C[C@H]2CCOC2)C2CC2)n1. The van der Waals surface area contributed by atoms with Gasteiger partial charge >= 0.3 is 0 Å². The highest BCUT2D eigenvalue weighted by atomic mass is 16.5. The van der Waals surface area contributed by atoms with Crippen LogP contribution in [0, 0.1) is 5.92 Å². The van der Waals surface area contributed by atoms with E-state index in [1.807, 2.05) is 6.20 Å². The van der Waals surface area contributed by atoms with Crippen molar-refractivity contribution in [3.63, 3.8) is 0 Å². The zero-order valence-corrected chi connectivity index (χ0v) is 11.9. The van der Waals surface area contributed by atoms with Crippen molar-refractivity contribution in [1.29, 1.82) is 0 Å². The zero-order valence-electron chi connectivity index (χ0n) is 11.9. The van der Waals surface area contributed by atoms with Crippen molar-refractivity contribution < 1.29 is 4.74 Å². The summed E-state index contributed by atoms with van der Waals surface area (Å²) >= 11 is 0. The summed E-state index contributed by atoms with van der Waals surface area (Å²) in [5, 5.41) is 0. The number of hydrogen-bond donors (Lipinski definition) is 0. The van der Waals surface area contributed by atoms with Crippen molar-refractivity contribution >= 4 is 5.82 Å². The average Bonchev–Trinajstić information content (AvgIpc) is 3.13. The lowest BCUT2D eigenvalue weighted by Crippen LogP contribution is -2.32. The molecule has 1 atom stereocenters. The van der Waals surface area contributed by atoms with Crippen molar-refractivity contribution in [3.05, 3.63) is 18.1 Å². The van der Waals surface area contributed by atoms with E-state index in [-0.39, 0.29) is 0 Å². The Morgan fingerprint density at radius 2 is 2.21 bits per heavy atom. The summed E-state index contributed by atoms with van der Waals surface area (Å²) < 4.78 is 5.50. The molecular formula is C15H23N3O. The van der Waals surface area contributed by atoms with Gasteiger partial charge in [0.05, 0.1) is 6.61 Å². The summed E-state index contributed by atoms with van der Waals surface area (Å²) in [7, 11) is 0. The van der Waals surface area contributed by atoms with Crippen LogP contribution < -0.4 is 4.90 Å². The van der Waals surface area contributed by atoms with Crippen LogP contribution in [-0.2, 0) is 4.74 Å². The van der Waals surface area contributed by atoms with E-state index in [1.54, 1.807) is 0 Å². The fraction of sp³-hybridized carbons (Fsp3) is 0.733. The van der Waals surface area contributed by atoms with Crippen LogP contribution >= 0.6 is 0 Å². The lowest BCUT2D eigenvalue weighted by Gasteiger charge is -2.26. The lowest BCUT2D eigenvalue weighted by atomic mass is 10.1. The molecular weight excluding hydrogens is 238 g/mol. The minimum atomic E-state index is 0.385. The van der Waals surface area contributed by atoms with Gasteiger partial charge in [-0.15, -0.1) is 0 Å². The Balaban J connectivity index is 1.77. The molecule has 3 rings (SSSR count). The van der Waals surface area contributed by atoms with Crippen LogP contribution in [0.2, 0.25) is 0 Å². The third-order valence-electron chi connectivity index (χ3n) is 3.94. The van der Waals surface area contributed by atoms with E-state index in [0.717, 1.165) is 31.4 Å². The van der Waals surface area contributed by atoms with E-state index in [1.165, 1.54) is 19.3 Å². The van der Waals surface area contributed by atoms with Crippen molar-refractivity contribution in [2.24, 2.45) is 5.92 Å². The molecule has 0 aromatic carbocycles. The highest BCUT2D eigenvalue weighted by Gasteiger charge is 2.32. The Hall–Kier alpha value is -1.16. The summed E-state index contributed by atoms with van der Waals surface area (Å²) in [6, 6.07) is 2.75. The largest absolute Gasteiger partial charge is 0.381 e. The molecule has 2 heterocycles. The van der Waals surface area contributed by atoms with Gasteiger partial charge in [-0.25, -0.2) is 9.97 Å². The number of anilines is 1. The summed E-state index contributed by atoms with van der Waals surface area (Å²) in [6.45, 7) is 7.20. The van der Waals surface area contributed by atoms with E-state index in [0.29, 0.717) is 17.9 Å². The van der Waals surface area contributed by atoms with Gasteiger partial charge in [-0.05, 0) is 25.3 Å². The fourth-order valence-electron chi connectivity index (χ4n) is 2.62. The predicted octanol–water partition coefficient (Wildman–Crippen LogP) is 2.61. The van der Waals surface area contributed by atoms with Crippen molar-refractivity contribution in [3.8, 4) is 0 Å². The molecule has 1 aliphatic carbocycles. The molecule has 2 fully saturated rings. The number of hydrogen-bond acceptors (Lipinski definition) is 4. The molecule has 0 amide bonds. The molecule has 1 saturated carbocycles. The minimum absolute atomic E-state index is 0.385. The summed E-state index contributed by atoms with van der Waals surface area (Å²) in [5.74, 6) is 3.10. The first-order valence-electron chi connectivity index (χ1n) is 7.41. The molecule has 0 spiro atoms. The number of rotatable bonds is 5. The normalized spacial score (nSPS) is 23.0. The van der Waals surface area contributed by atoms with Crippen LogP contribution in [0.5, 0.6) is 0 Å². The Morgan fingerprint density at radius 3 is 2.84 bits per heavy atom. The van der Waals surface area contributed by atoms with Gasteiger partial charge in [0, 0.05) is 37.2 Å². The second kappa shape index (κ2) is 5.45. The average molecular weight is 261 g/mol. The van der Waals surface area contributed by atoms with E-state index in [4.69, 9.17) is 9.72 Å². The summed E-state index contributed by atoms with van der Waals surface area (Å²) in [6.07, 6.45) is 5.69. The first kappa shape index (κ1) is 12.9. The van der Waals surface area contributed by atoms with Crippen LogP contribution in [0.15, 0.2) is 12.3 Å². The third-order valence-corrected chi connectivity index (χ3v) is 3.94. The molecule has 2 aliphatic rings. The molecule has 1 aromatic heterocycles. The molecule has 4 nitrogen and oxygen atoms in total. The molecule has 1 aliphatic heterocycles. The van der Waals surface area contributed by atoms with Gasteiger partial charge in [0.25, 0.3) is 0 Å². The maximum Gasteiger partial charge on any atom is 0.133 e. The van der Waals surface area contributed by atoms with Gasteiger partial charge in [-0.1, -0.05) is 13.8 Å². The van der Waals surface area contributed by atoms with Crippen LogP contribution in [0.1, 0.15) is 44.9 Å². The Morgan fingerprint density at radius 1 is 1.37 bits per heavy atom. The molecule has 1 aromatic rings. The highest BCUT2D eigenvalue weighted by molar-refractivity contribution is 5.41. The monoisotopic (exact) mass is 261 g/mol. The van der Waals surface area contributed by atoms with Gasteiger partial charge in [0.1, 0.15) is 11.6 Å². The zero-order chi connectivity index (χ0) is 13.2.